The normalized spacial score (nSPS) is 12.1. The number of thiophene rings is 1. The molecule has 0 aliphatic heterocycles. The minimum Gasteiger partial charge on any atom is -0.465 e. The van der Waals surface area contributed by atoms with Crippen molar-refractivity contribution in [2.45, 2.75) is 50.4 Å². The molecule has 0 bridgehead atoms. The number of amides is 1. The predicted molar refractivity (Wildman–Crippen MR) is 108 cm³/mol. The van der Waals surface area contributed by atoms with Gasteiger partial charge in [-0.3, -0.25) is 9.59 Å². The number of rotatable bonds is 8. The lowest BCUT2D eigenvalue weighted by Gasteiger charge is -2.15. The molecule has 0 fully saturated rings. The van der Waals surface area contributed by atoms with Crippen LogP contribution in [0.2, 0.25) is 0 Å². The molecule has 0 saturated heterocycles. The van der Waals surface area contributed by atoms with Crippen LogP contribution in [0.3, 0.4) is 0 Å². The van der Waals surface area contributed by atoms with Crippen molar-refractivity contribution < 1.29 is 14.3 Å². The van der Waals surface area contributed by atoms with Crippen LogP contribution in [0.15, 0.2) is 9.95 Å². The van der Waals surface area contributed by atoms with Gasteiger partial charge in [0.1, 0.15) is 9.71 Å². The van der Waals surface area contributed by atoms with Crippen molar-refractivity contribution in [1.29, 1.82) is 0 Å². The molecule has 10 heteroatoms. The van der Waals surface area contributed by atoms with Gasteiger partial charge in [-0.1, -0.05) is 32.0 Å². The summed E-state index contributed by atoms with van der Waals surface area (Å²) in [4.78, 5) is 42.1. The van der Waals surface area contributed by atoms with Crippen molar-refractivity contribution >= 4 is 45.2 Å². The molecule has 1 atom stereocenters. The van der Waals surface area contributed by atoms with E-state index in [2.05, 4.69) is 17.2 Å². The monoisotopic (exact) mass is 412 g/mol. The van der Waals surface area contributed by atoms with E-state index < -0.39 is 16.8 Å². The van der Waals surface area contributed by atoms with E-state index in [1.165, 1.54) is 7.11 Å². The predicted octanol–water partition coefficient (Wildman–Crippen LogP) is 2.05. The van der Waals surface area contributed by atoms with Gasteiger partial charge in [-0.25, -0.2) is 14.5 Å². The fraction of sp³-hybridized carbons (Fsp3) is 0.529. The van der Waals surface area contributed by atoms with E-state index in [1.54, 1.807) is 6.92 Å². The lowest BCUT2D eigenvalue weighted by atomic mass is 10.2. The van der Waals surface area contributed by atoms with Crippen LogP contribution in [0.1, 0.15) is 48.3 Å². The largest absolute Gasteiger partial charge is 0.465 e. The Balaban J connectivity index is 2.38. The first-order valence-electron chi connectivity index (χ1n) is 8.69. The molecule has 0 aliphatic rings. The number of nitrogens with two attached hydrogens (primary N) is 1. The number of thioether (sulfide) groups is 1. The van der Waals surface area contributed by atoms with Crippen LogP contribution >= 0.6 is 23.1 Å². The molecule has 2 aromatic heterocycles. The number of hydrogen-bond donors (Lipinski definition) is 2. The molecule has 27 heavy (non-hydrogen) atoms. The first-order valence-corrected chi connectivity index (χ1v) is 10.4. The summed E-state index contributed by atoms with van der Waals surface area (Å²) in [6.45, 7) is 6.22. The van der Waals surface area contributed by atoms with Crippen molar-refractivity contribution in [3.63, 3.8) is 0 Å². The molecule has 2 aromatic rings. The topological polar surface area (TPSA) is 116 Å². The van der Waals surface area contributed by atoms with Crippen LogP contribution in [0, 0.1) is 6.92 Å². The number of methoxy groups -OCH3 is 1. The average Bonchev–Trinajstić information content (AvgIpc) is 2.99. The van der Waals surface area contributed by atoms with E-state index in [9.17, 15) is 14.4 Å². The molecule has 0 saturated carbocycles. The maximum Gasteiger partial charge on any atom is 0.348 e. The van der Waals surface area contributed by atoms with Crippen molar-refractivity contribution in [2.24, 2.45) is 0 Å². The number of nitrogens with zero attached hydrogens (tertiary/aromatic N) is 2. The highest BCUT2D eigenvalue weighted by molar-refractivity contribution is 8.00. The van der Waals surface area contributed by atoms with Crippen molar-refractivity contribution in [1.82, 2.24) is 15.0 Å². The zero-order valence-electron chi connectivity index (χ0n) is 15.8. The van der Waals surface area contributed by atoms with Gasteiger partial charge in [-0.05, 0) is 25.3 Å². The summed E-state index contributed by atoms with van der Waals surface area (Å²) >= 11 is 2.23. The van der Waals surface area contributed by atoms with Crippen molar-refractivity contribution in [3.05, 3.63) is 20.8 Å². The number of aryl methyl sites for hydroxylation is 1. The number of unbranched alkanes of at least 4 members (excludes halogenated alkanes) is 1. The zero-order valence-corrected chi connectivity index (χ0v) is 17.5. The minimum atomic E-state index is -0.519. The Bertz CT molecular complexity index is 906. The maximum atomic E-state index is 12.7. The molecule has 148 valence electrons. The highest BCUT2D eigenvalue weighted by atomic mass is 32.2. The Morgan fingerprint density at radius 1 is 1.41 bits per heavy atom. The first-order chi connectivity index (χ1) is 12.8. The van der Waals surface area contributed by atoms with Crippen molar-refractivity contribution in [3.8, 4) is 0 Å². The fourth-order valence-corrected chi connectivity index (χ4v) is 4.60. The molecule has 0 unspecified atom stereocenters. The van der Waals surface area contributed by atoms with Gasteiger partial charge in [-0.2, -0.15) is 0 Å². The summed E-state index contributed by atoms with van der Waals surface area (Å²) in [7, 11) is 1.28. The molecule has 0 radical (unpaired) electrons. The molecule has 3 N–H and O–H groups in total. The second kappa shape index (κ2) is 9.23. The average molecular weight is 413 g/mol. The number of nitrogen functional groups attached to an aromatic ring is 1. The number of aromatic nitrogens is 2. The molecular formula is C17H24N4O4S2. The van der Waals surface area contributed by atoms with Gasteiger partial charge in [0.25, 0.3) is 5.56 Å². The summed E-state index contributed by atoms with van der Waals surface area (Å²) in [5.74, 6) is 5.31. The molecule has 0 aliphatic carbocycles. The number of hydrogen-bond acceptors (Lipinski definition) is 8. The molecule has 0 spiro atoms. The number of fused-ring (bicyclic) bond motifs is 1. The van der Waals surface area contributed by atoms with E-state index in [0.717, 1.165) is 40.6 Å². The van der Waals surface area contributed by atoms with Crippen LogP contribution in [-0.4, -0.2) is 40.4 Å². The Morgan fingerprint density at radius 3 is 2.70 bits per heavy atom. The van der Waals surface area contributed by atoms with Gasteiger partial charge in [-0.15, -0.1) is 11.3 Å². The minimum absolute atomic E-state index is 0.108. The molecule has 8 nitrogen and oxygen atoms in total. The lowest BCUT2D eigenvalue weighted by Crippen LogP contribution is -2.35. The Kier molecular flexibility index (Phi) is 7.25. The van der Waals surface area contributed by atoms with Crippen LogP contribution < -0.4 is 16.7 Å². The highest BCUT2D eigenvalue weighted by Gasteiger charge is 2.24. The van der Waals surface area contributed by atoms with Gasteiger partial charge in [0.05, 0.1) is 17.7 Å². The van der Waals surface area contributed by atoms with Gasteiger partial charge < -0.3 is 15.9 Å². The van der Waals surface area contributed by atoms with Crippen LogP contribution in [0.25, 0.3) is 10.2 Å². The van der Waals surface area contributed by atoms with Crippen LogP contribution in [-0.2, 0) is 9.53 Å². The first kappa shape index (κ1) is 21.2. The molecule has 1 amide bonds. The molecule has 2 heterocycles. The standard InChI is InChI=1S/C17H24N4O4S2/c1-5-7-8-19-13(22)10(6-2)26-17-20-14-11(15(23)21(17)18)9(3)12(27-14)16(24)25-4/h10H,5-8,18H2,1-4H3,(H,19,22)/t10-/m1/s1. The van der Waals surface area contributed by atoms with Crippen molar-refractivity contribution in [2.75, 3.05) is 19.5 Å². The van der Waals surface area contributed by atoms with Gasteiger partial charge in [0, 0.05) is 6.54 Å². The summed E-state index contributed by atoms with van der Waals surface area (Å²) in [6, 6.07) is 0. The Hall–Kier alpha value is -2.07. The van der Waals surface area contributed by atoms with Gasteiger partial charge in [0.15, 0.2) is 5.16 Å². The second-order valence-electron chi connectivity index (χ2n) is 5.96. The number of ether oxygens (including phenoxy) is 1. The summed E-state index contributed by atoms with van der Waals surface area (Å²) in [6.07, 6.45) is 2.46. The van der Waals surface area contributed by atoms with E-state index in [-0.39, 0.29) is 11.1 Å². The molecule has 0 aromatic carbocycles. The third kappa shape index (κ3) is 4.44. The van der Waals surface area contributed by atoms with Gasteiger partial charge >= 0.3 is 5.97 Å². The third-order valence-electron chi connectivity index (χ3n) is 4.08. The summed E-state index contributed by atoms with van der Waals surface area (Å²) in [5, 5.41) is 3.01. The molecular weight excluding hydrogens is 388 g/mol. The Morgan fingerprint density at radius 2 is 2.11 bits per heavy atom. The van der Waals surface area contributed by atoms with Crippen LogP contribution in [0.5, 0.6) is 0 Å². The Labute approximate surface area is 165 Å². The van der Waals surface area contributed by atoms with E-state index in [0.29, 0.717) is 33.6 Å². The third-order valence-corrected chi connectivity index (χ3v) is 6.57. The van der Waals surface area contributed by atoms with E-state index in [1.807, 2.05) is 6.92 Å². The second-order valence-corrected chi connectivity index (χ2v) is 8.13. The van der Waals surface area contributed by atoms with Crippen LogP contribution in [0.4, 0.5) is 0 Å². The fourth-order valence-electron chi connectivity index (χ4n) is 2.50. The smallest absolute Gasteiger partial charge is 0.348 e. The lowest BCUT2D eigenvalue weighted by molar-refractivity contribution is -0.120. The summed E-state index contributed by atoms with van der Waals surface area (Å²) < 4.78 is 5.69. The SMILES string of the molecule is CCCCNC(=O)[C@@H](CC)Sc1nc2sc(C(=O)OC)c(C)c2c(=O)n1N. The number of nitrogens with one attached hydrogen (secondary N) is 1. The zero-order chi connectivity index (χ0) is 20.1. The number of esters is 1. The summed E-state index contributed by atoms with van der Waals surface area (Å²) in [5.41, 5.74) is 0.0482. The van der Waals surface area contributed by atoms with E-state index >= 15 is 0 Å². The van der Waals surface area contributed by atoms with E-state index in [4.69, 9.17) is 10.6 Å². The molecule has 2 rings (SSSR count). The quantitative estimate of drug-likeness (QED) is 0.224. The maximum absolute atomic E-state index is 12.7. The van der Waals surface area contributed by atoms with Gasteiger partial charge in [0.2, 0.25) is 5.91 Å². The number of carbonyl (C=O) groups is 2. The highest BCUT2D eigenvalue weighted by Crippen LogP contribution is 2.30. The number of carbonyl (C=O) groups excluding carboxylic acids is 2.